The predicted octanol–water partition coefficient (Wildman–Crippen LogP) is 3.55. The van der Waals surface area contributed by atoms with Gasteiger partial charge in [-0.3, -0.25) is 0 Å². The molecule has 1 rings (SSSR count). The number of hydrogen-bond donors (Lipinski definition) is 0. The van der Waals surface area contributed by atoms with E-state index in [1.807, 2.05) is 31.2 Å². The van der Waals surface area contributed by atoms with E-state index in [1.54, 1.807) is 12.1 Å². The molecule has 0 atom stereocenters. The molecule has 0 amide bonds. The normalized spacial score (nSPS) is 8.80. The van der Waals surface area contributed by atoms with Gasteiger partial charge in [-0.15, -0.1) is 0 Å². The van der Waals surface area contributed by atoms with Crippen molar-refractivity contribution < 1.29 is 0 Å². The topological polar surface area (TPSA) is 47.6 Å². The third-order valence-electron chi connectivity index (χ3n) is 2.07. The quantitative estimate of drug-likeness (QED) is 0.710. The molecule has 0 bridgehead atoms. The molecule has 0 aliphatic heterocycles. The molecule has 0 radical (unpaired) electrons. The van der Waals surface area contributed by atoms with Crippen molar-refractivity contribution in [1.82, 2.24) is 0 Å². The fourth-order valence-corrected chi connectivity index (χ4v) is 1.46. The van der Waals surface area contributed by atoms with Crippen LogP contribution in [0, 0.1) is 22.7 Å². The molecule has 3 heteroatoms. The molecule has 0 aliphatic rings. The van der Waals surface area contributed by atoms with E-state index >= 15 is 0 Å². The highest BCUT2D eigenvalue weighted by atomic mass is 35.5. The summed E-state index contributed by atoms with van der Waals surface area (Å²) in [7, 11) is 0. The second-order valence-corrected chi connectivity index (χ2v) is 3.37. The number of nitriles is 2. The van der Waals surface area contributed by atoms with Crippen molar-refractivity contribution in [2.45, 2.75) is 13.3 Å². The minimum absolute atomic E-state index is 0.167. The van der Waals surface area contributed by atoms with Crippen LogP contribution < -0.4 is 0 Å². The molecule has 2 nitrogen and oxygen atoms in total. The summed E-state index contributed by atoms with van der Waals surface area (Å²) in [6, 6.07) is 10.9. The molecular weight excluding hydrogens is 208 g/mol. The lowest BCUT2D eigenvalue weighted by Gasteiger charge is -2.04. The Morgan fingerprint density at radius 3 is 2.13 bits per heavy atom. The first kappa shape index (κ1) is 11.3. The molecule has 0 fully saturated rings. The minimum atomic E-state index is 0.167. The van der Waals surface area contributed by atoms with E-state index in [-0.39, 0.29) is 5.57 Å². The van der Waals surface area contributed by atoms with Crippen LogP contribution in [0.3, 0.4) is 0 Å². The van der Waals surface area contributed by atoms with Gasteiger partial charge >= 0.3 is 0 Å². The van der Waals surface area contributed by atoms with E-state index in [2.05, 4.69) is 0 Å². The average molecular weight is 217 g/mol. The molecule has 1 aromatic carbocycles. The zero-order valence-corrected chi connectivity index (χ0v) is 9.04. The minimum Gasteiger partial charge on any atom is -0.192 e. The zero-order chi connectivity index (χ0) is 11.3. The number of nitrogens with zero attached hydrogens (tertiary/aromatic N) is 2. The standard InChI is InChI=1S/C12H9ClN2/c1-2-12(10(7-14)8-15)9-3-5-11(13)6-4-9/h3-6H,2H2,1H3. The highest BCUT2D eigenvalue weighted by Gasteiger charge is 2.06. The summed E-state index contributed by atoms with van der Waals surface area (Å²) in [4.78, 5) is 0. The monoisotopic (exact) mass is 216 g/mol. The summed E-state index contributed by atoms with van der Waals surface area (Å²) in [6.45, 7) is 1.92. The Balaban J connectivity index is 3.27. The van der Waals surface area contributed by atoms with Crippen LogP contribution in [0.15, 0.2) is 29.8 Å². The summed E-state index contributed by atoms with van der Waals surface area (Å²) in [5, 5.41) is 18.2. The number of halogens is 1. The Morgan fingerprint density at radius 1 is 1.20 bits per heavy atom. The van der Waals surface area contributed by atoms with E-state index in [9.17, 15) is 0 Å². The van der Waals surface area contributed by atoms with E-state index < -0.39 is 0 Å². The van der Waals surface area contributed by atoms with Crippen molar-refractivity contribution in [3.63, 3.8) is 0 Å². The van der Waals surface area contributed by atoms with Crippen LogP contribution in [0.2, 0.25) is 5.02 Å². The largest absolute Gasteiger partial charge is 0.192 e. The number of hydrogen-bond acceptors (Lipinski definition) is 2. The molecule has 0 aromatic heterocycles. The highest BCUT2D eigenvalue weighted by molar-refractivity contribution is 6.30. The Hall–Kier alpha value is -1.77. The fourth-order valence-electron chi connectivity index (χ4n) is 1.34. The van der Waals surface area contributed by atoms with Crippen molar-refractivity contribution >= 4 is 17.2 Å². The number of rotatable bonds is 2. The lowest BCUT2D eigenvalue weighted by Crippen LogP contribution is -1.87. The van der Waals surface area contributed by atoms with Gasteiger partial charge in [0, 0.05) is 5.02 Å². The van der Waals surface area contributed by atoms with Crippen molar-refractivity contribution in [3.8, 4) is 12.1 Å². The second-order valence-electron chi connectivity index (χ2n) is 2.94. The lowest BCUT2D eigenvalue weighted by atomic mass is 9.99. The summed E-state index contributed by atoms with van der Waals surface area (Å²) in [6.07, 6.45) is 0.651. The molecule has 0 unspecified atom stereocenters. The van der Waals surface area contributed by atoms with Crippen LogP contribution in [0.1, 0.15) is 18.9 Å². The van der Waals surface area contributed by atoms with Gasteiger partial charge in [-0.25, -0.2) is 0 Å². The maximum absolute atomic E-state index is 8.79. The van der Waals surface area contributed by atoms with Crippen LogP contribution in [0.25, 0.3) is 5.57 Å². The first-order valence-corrected chi connectivity index (χ1v) is 4.90. The average Bonchev–Trinajstić information content (AvgIpc) is 2.27. The van der Waals surface area contributed by atoms with E-state index in [0.29, 0.717) is 11.4 Å². The van der Waals surface area contributed by atoms with Gasteiger partial charge in [-0.2, -0.15) is 10.5 Å². The van der Waals surface area contributed by atoms with Crippen LogP contribution in [0.5, 0.6) is 0 Å². The molecule has 1 aromatic rings. The van der Waals surface area contributed by atoms with Gasteiger partial charge in [0.25, 0.3) is 0 Å². The van der Waals surface area contributed by atoms with E-state index in [4.69, 9.17) is 22.1 Å². The first-order chi connectivity index (χ1) is 7.22. The summed E-state index contributed by atoms with van der Waals surface area (Å²) in [5.74, 6) is 0. The molecule has 15 heavy (non-hydrogen) atoms. The van der Waals surface area contributed by atoms with E-state index in [1.165, 1.54) is 0 Å². The lowest BCUT2D eigenvalue weighted by molar-refractivity contribution is 1.23. The van der Waals surface area contributed by atoms with E-state index in [0.717, 1.165) is 11.1 Å². The Labute approximate surface area is 94.0 Å². The van der Waals surface area contributed by atoms with Crippen LogP contribution in [-0.2, 0) is 0 Å². The van der Waals surface area contributed by atoms with Gasteiger partial charge in [0.2, 0.25) is 0 Å². The number of allylic oxidation sites excluding steroid dienone is 2. The Bertz CT molecular complexity index is 442. The van der Waals surface area contributed by atoms with Crippen molar-refractivity contribution in [1.29, 1.82) is 10.5 Å². The van der Waals surface area contributed by atoms with Crippen molar-refractivity contribution in [2.24, 2.45) is 0 Å². The molecule has 0 saturated heterocycles. The molecule has 74 valence electrons. The van der Waals surface area contributed by atoms with Crippen LogP contribution >= 0.6 is 11.6 Å². The third-order valence-corrected chi connectivity index (χ3v) is 2.32. The van der Waals surface area contributed by atoms with Crippen LogP contribution in [-0.4, -0.2) is 0 Å². The second kappa shape index (κ2) is 5.20. The van der Waals surface area contributed by atoms with Gasteiger partial charge in [0.15, 0.2) is 0 Å². The molecule has 0 saturated carbocycles. The Kier molecular flexibility index (Phi) is 3.92. The molecule has 0 aliphatic carbocycles. The molecule has 0 heterocycles. The van der Waals surface area contributed by atoms with Gasteiger partial charge in [0.05, 0.1) is 0 Å². The van der Waals surface area contributed by atoms with Gasteiger partial charge in [-0.05, 0) is 29.7 Å². The van der Waals surface area contributed by atoms with Gasteiger partial charge < -0.3 is 0 Å². The zero-order valence-electron chi connectivity index (χ0n) is 8.29. The first-order valence-electron chi connectivity index (χ1n) is 4.52. The van der Waals surface area contributed by atoms with Crippen molar-refractivity contribution in [2.75, 3.05) is 0 Å². The van der Waals surface area contributed by atoms with Crippen LogP contribution in [0.4, 0.5) is 0 Å². The third kappa shape index (κ3) is 2.59. The number of benzene rings is 1. The maximum atomic E-state index is 8.79. The maximum Gasteiger partial charge on any atom is 0.133 e. The van der Waals surface area contributed by atoms with Gasteiger partial charge in [0.1, 0.15) is 17.7 Å². The van der Waals surface area contributed by atoms with Gasteiger partial charge in [-0.1, -0.05) is 30.7 Å². The highest BCUT2D eigenvalue weighted by Crippen LogP contribution is 2.23. The predicted molar refractivity (Wildman–Crippen MR) is 59.9 cm³/mol. The molecule has 0 spiro atoms. The smallest absolute Gasteiger partial charge is 0.133 e. The fraction of sp³-hybridized carbons (Fsp3) is 0.167. The summed E-state index contributed by atoms with van der Waals surface area (Å²) in [5.41, 5.74) is 1.80. The SMILES string of the molecule is CCC(=C(C#N)C#N)c1ccc(Cl)cc1. The molecular formula is C12H9ClN2. The summed E-state index contributed by atoms with van der Waals surface area (Å²) < 4.78 is 0. The molecule has 0 N–H and O–H groups in total. The Morgan fingerprint density at radius 2 is 1.73 bits per heavy atom. The van der Waals surface area contributed by atoms with Crippen molar-refractivity contribution in [3.05, 3.63) is 40.4 Å². The summed E-state index contributed by atoms with van der Waals surface area (Å²) >= 11 is 5.76.